The van der Waals surface area contributed by atoms with E-state index >= 15 is 0 Å². The summed E-state index contributed by atoms with van der Waals surface area (Å²) in [5.74, 6) is -0.306. The van der Waals surface area contributed by atoms with Gasteiger partial charge < -0.3 is 10.0 Å². The van der Waals surface area contributed by atoms with E-state index in [0.717, 1.165) is 5.75 Å². The third-order valence-electron chi connectivity index (χ3n) is 2.82. The Labute approximate surface area is 116 Å². The summed E-state index contributed by atoms with van der Waals surface area (Å²) < 4.78 is 0. The summed E-state index contributed by atoms with van der Waals surface area (Å²) in [4.78, 5) is 35.2. The molecule has 0 aliphatic carbocycles. The quantitative estimate of drug-likeness (QED) is 0.745. The molecule has 0 saturated carbocycles. The first-order valence-corrected chi connectivity index (χ1v) is 7.46. The van der Waals surface area contributed by atoms with Crippen LogP contribution in [0.2, 0.25) is 0 Å². The highest BCUT2D eigenvalue weighted by molar-refractivity contribution is 7.99. The molecule has 1 aliphatic rings. The van der Waals surface area contributed by atoms with E-state index in [-0.39, 0.29) is 24.8 Å². The van der Waals surface area contributed by atoms with Crippen LogP contribution in [0, 0.1) is 0 Å². The van der Waals surface area contributed by atoms with Crippen LogP contribution in [0.25, 0.3) is 0 Å². The summed E-state index contributed by atoms with van der Waals surface area (Å²) in [5.41, 5.74) is 0. The summed E-state index contributed by atoms with van der Waals surface area (Å²) in [5, 5.41) is 11.2. The van der Waals surface area contributed by atoms with Gasteiger partial charge in [0.25, 0.3) is 0 Å². The highest BCUT2D eigenvalue weighted by Crippen LogP contribution is 2.17. The molecule has 1 heterocycles. The summed E-state index contributed by atoms with van der Waals surface area (Å²) in [6.07, 6.45) is 1.19. The Balaban J connectivity index is 2.20. The van der Waals surface area contributed by atoms with Crippen molar-refractivity contribution in [3.63, 3.8) is 0 Å². The van der Waals surface area contributed by atoms with E-state index in [2.05, 4.69) is 12.2 Å². The maximum atomic E-state index is 11.8. The van der Waals surface area contributed by atoms with E-state index in [9.17, 15) is 14.4 Å². The molecule has 0 aromatic carbocycles. The van der Waals surface area contributed by atoms with Crippen LogP contribution in [0.1, 0.15) is 32.6 Å². The van der Waals surface area contributed by atoms with Crippen molar-refractivity contribution in [2.24, 2.45) is 0 Å². The molecule has 0 aromatic rings. The lowest BCUT2D eigenvalue weighted by molar-refractivity contribution is -0.137. The summed E-state index contributed by atoms with van der Waals surface area (Å²) in [6, 6.07) is -0.338. The number of carboxylic acids is 1. The number of rotatable bonds is 5. The number of hydrogen-bond acceptors (Lipinski definition) is 4. The number of nitrogens with zero attached hydrogens (tertiary/aromatic N) is 1. The van der Waals surface area contributed by atoms with Crippen LogP contribution in [0.4, 0.5) is 4.79 Å². The molecule has 3 amide bonds. The second-order valence-corrected chi connectivity index (χ2v) is 6.13. The van der Waals surface area contributed by atoms with E-state index in [1.54, 1.807) is 4.90 Å². The zero-order valence-corrected chi connectivity index (χ0v) is 11.9. The Morgan fingerprint density at radius 1 is 1.32 bits per heavy atom. The van der Waals surface area contributed by atoms with Gasteiger partial charge in [0, 0.05) is 36.9 Å². The van der Waals surface area contributed by atoms with E-state index in [1.165, 1.54) is 0 Å². The molecule has 1 fully saturated rings. The lowest BCUT2D eigenvalue weighted by Gasteiger charge is -2.30. The van der Waals surface area contributed by atoms with E-state index in [0.29, 0.717) is 31.2 Å². The lowest BCUT2D eigenvalue weighted by Crippen LogP contribution is -2.48. The fourth-order valence-electron chi connectivity index (χ4n) is 1.83. The first kappa shape index (κ1) is 15.8. The Morgan fingerprint density at radius 3 is 2.63 bits per heavy atom. The predicted octanol–water partition coefficient (Wildman–Crippen LogP) is 1.30. The second-order valence-electron chi connectivity index (χ2n) is 4.58. The zero-order chi connectivity index (χ0) is 14.3. The number of nitrogens with one attached hydrogen (secondary N) is 1. The van der Waals surface area contributed by atoms with E-state index in [1.807, 2.05) is 11.8 Å². The smallest absolute Gasteiger partial charge is 0.324 e. The minimum atomic E-state index is -0.865. The number of carboxylic acid groups (broad SMARTS) is 1. The van der Waals surface area contributed by atoms with Crippen molar-refractivity contribution in [3.8, 4) is 0 Å². The van der Waals surface area contributed by atoms with Crippen LogP contribution in [0.5, 0.6) is 0 Å². The lowest BCUT2D eigenvalue weighted by atomic mass is 10.2. The average Bonchev–Trinajstić information content (AvgIpc) is 2.34. The highest BCUT2D eigenvalue weighted by Gasteiger charge is 2.22. The predicted molar refractivity (Wildman–Crippen MR) is 73.1 cm³/mol. The van der Waals surface area contributed by atoms with Gasteiger partial charge in [-0.1, -0.05) is 6.92 Å². The Hall–Kier alpha value is -1.24. The average molecular weight is 288 g/mol. The van der Waals surface area contributed by atoms with Crippen molar-refractivity contribution in [3.05, 3.63) is 0 Å². The maximum Gasteiger partial charge on any atom is 0.324 e. The van der Waals surface area contributed by atoms with Gasteiger partial charge >= 0.3 is 12.0 Å². The molecule has 19 heavy (non-hydrogen) atoms. The van der Waals surface area contributed by atoms with Crippen LogP contribution >= 0.6 is 11.8 Å². The van der Waals surface area contributed by atoms with Crippen LogP contribution in [-0.4, -0.2) is 52.0 Å². The van der Waals surface area contributed by atoms with E-state index in [4.69, 9.17) is 5.11 Å². The number of thioether (sulfide) groups is 1. The number of urea groups is 1. The number of carbonyl (C=O) groups is 3. The Bertz CT molecular complexity index is 349. The van der Waals surface area contributed by atoms with Gasteiger partial charge in [-0.15, -0.1) is 0 Å². The van der Waals surface area contributed by atoms with Crippen molar-refractivity contribution in [2.45, 2.75) is 37.9 Å². The molecule has 1 saturated heterocycles. The van der Waals surface area contributed by atoms with Gasteiger partial charge in [0.2, 0.25) is 5.91 Å². The number of imide groups is 1. The van der Waals surface area contributed by atoms with Gasteiger partial charge in [0.05, 0.1) is 0 Å². The summed E-state index contributed by atoms with van der Waals surface area (Å²) in [6.45, 7) is 3.37. The monoisotopic (exact) mass is 288 g/mol. The number of amides is 3. The molecule has 1 rings (SSSR count). The van der Waals surface area contributed by atoms with Gasteiger partial charge in [0.1, 0.15) is 0 Å². The number of carbonyl (C=O) groups excluding carboxylic acids is 2. The van der Waals surface area contributed by atoms with Crippen LogP contribution in [0.15, 0.2) is 0 Å². The molecule has 0 bridgehead atoms. The molecule has 1 atom stereocenters. The Morgan fingerprint density at radius 2 is 2.00 bits per heavy atom. The second kappa shape index (κ2) is 8.04. The fraction of sp³-hybridized carbons (Fsp3) is 0.750. The van der Waals surface area contributed by atoms with Crippen molar-refractivity contribution in [2.75, 3.05) is 18.8 Å². The normalized spacial score (nSPS) is 19.0. The molecular formula is C12H20N2O4S. The highest BCUT2D eigenvalue weighted by atomic mass is 32.2. The van der Waals surface area contributed by atoms with Gasteiger partial charge in [-0.2, -0.15) is 11.8 Å². The van der Waals surface area contributed by atoms with Gasteiger partial charge in [-0.3, -0.25) is 14.9 Å². The zero-order valence-electron chi connectivity index (χ0n) is 11.1. The topological polar surface area (TPSA) is 86.7 Å². The molecule has 1 unspecified atom stereocenters. The molecule has 0 radical (unpaired) electrons. The van der Waals surface area contributed by atoms with E-state index < -0.39 is 5.97 Å². The molecule has 1 aliphatic heterocycles. The third-order valence-corrected chi connectivity index (χ3v) is 3.96. The fourth-order valence-corrected chi connectivity index (χ4v) is 2.84. The molecule has 7 heteroatoms. The Kier molecular flexibility index (Phi) is 6.69. The van der Waals surface area contributed by atoms with Gasteiger partial charge in [0.15, 0.2) is 0 Å². The minimum Gasteiger partial charge on any atom is -0.481 e. The SMILES string of the molecule is CC1CN(C(=O)NC(=O)CCCCC(=O)O)CCS1. The number of hydrogen-bond donors (Lipinski definition) is 2. The van der Waals surface area contributed by atoms with Crippen molar-refractivity contribution >= 4 is 29.7 Å². The van der Waals surface area contributed by atoms with Crippen molar-refractivity contribution < 1.29 is 19.5 Å². The van der Waals surface area contributed by atoms with Crippen LogP contribution in [-0.2, 0) is 9.59 Å². The molecule has 108 valence electrons. The number of unbranched alkanes of at least 4 members (excludes halogenated alkanes) is 1. The van der Waals surface area contributed by atoms with Gasteiger partial charge in [-0.25, -0.2) is 4.79 Å². The standard InChI is InChI=1S/C12H20N2O4S/c1-9-8-14(6-7-19-9)12(18)13-10(15)4-2-3-5-11(16)17/h9H,2-8H2,1H3,(H,16,17)(H,13,15,18). The first-order chi connectivity index (χ1) is 8.99. The first-order valence-electron chi connectivity index (χ1n) is 6.41. The molecule has 0 aromatic heterocycles. The summed E-state index contributed by atoms with van der Waals surface area (Å²) >= 11 is 1.82. The minimum absolute atomic E-state index is 0.0576. The maximum absolute atomic E-state index is 11.8. The summed E-state index contributed by atoms with van der Waals surface area (Å²) in [7, 11) is 0. The third kappa shape index (κ3) is 6.47. The molecule has 0 spiro atoms. The van der Waals surface area contributed by atoms with Gasteiger partial charge in [-0.05, 0) is 12.8 Å². The van der Waals surface area contributed by atoms with Crippen LogP contribution < -0.4 is 5.32 Å². The van der Waals surface area contributed by atoms with Crippen molar-refractivity contribution in [1.29, 1.82) is 0 Å². The molecular weight excluding hydrogens is 268 g/mol. The van der Waals surface area contributed by atoms with Crippen LogP contribution in [0.3, 0.4) is 0 Å². The molecule has 2 N–H and O–H groups in total. The van der Waals surface area contributed by atoms with Crippen molar-refractivity contribution in [1.82, 2.24) is 10.2 Å². The number of aliphatic carboxylic acids is 1. The largest absolute Gasteiger partial charge is 0.481 e. The molecule has 6 nitrogen and oxygen atoms in total.